The van der Waals surface area contributed by atoms with Gasteiger partial charge in [-0.2, -0.15) is 0 Å². The van der Waals surface area contributed by atoms with Gasteiger partial charge in [-0.25, -0.2) is 13.2 Å². The Morgan fingerprint density at radius 3 is 2.71 bits per heavy atom. The number of rotatable bonds is 7. The first-order valence-electron chi connectivity index (χ1n) is 7.75. The molecule has 24 heavy (non-hydrogen) atoms. The Morgan fingerprint density at radius 1 is 1.33 bits per heavy atom. The molecule has 0 saturated carbocycles. The summed E-state index contributed by atoms with van der Waals surface area (Å²) >= 11 is 0.912. The van der Waals surface area contributed by atoms with E-state index in [0.29, 0.717) is 17.2 Å². The number of hydrogen-bond acceptors (Lipinski definition) is 3. The van der Waals surface area contributed by atoms with Crippen LogP contribution in [0.15, 0.2) is 23.1 Å². The third-order valence-electron chi connectivity index (χ3n) is 3.82. The van der Waals surface area contributed by atoms with Gasteiger partial charge in [0.15, 0.2) is 0 Å². The third-order valence-corrected chi connectivity index (χ3v) is 4.90. The first kappa shape index (κ1) is 21.1. The van der Waals surface area contributed by atoms with Crippen molar-refractivity contribution in [3.8, 4) is 0 Å². The fraction of sp³-hybridized carbons (Fsp3) is 0.562. The maximum absolute atomic E-state index is 13.4. The zero-order valence-electron chi connectivity index (χ0n) is 13.2. The van der Waals surface area contributed by atoms with E-state index in [4.69, 9.17) is 0 Å². The highest BCUT2D eigenvalue weighted by Crippen LogP contribution is 2.29. The Balaban J connectivity index is 0.00000288. The van der Waals surface area contributed by atoms with E-state index in [1.165, 1.54) is 18.2 Å². The Bertz CT molecular complexity index is 528. The van der Waals surface area contributed by atoms with Gasteiger partial charge < -0.3 is 10.6 Å². The van der Waals surface area contributed by atoms with Crippen LogP contribution >= 0.6 is 24.2 Å². The number of benzene rings is 1. The number of halogens is 4. The summed E-state index contributed by atoms with van der Waals surface area (Å²) in [5.74, 6) is -0.556. The van der Waals surface area contributed by atoms with Crippen LogP contribution in [0.1, 0.15) is 25.7 Å². The normalized spacial score (nSPS) is 15.2. The Kier molecular flexibility index (Phi) is 9.54. The second-order valence-corrected chi connectivity index (χ2v) is 6.68. The fourth-order valence-electron chi connectivity index (χ4n) is 2.60. The summed E-state index contributed by atoms with van der Waals surface area (Å²) in [4.78, 5) is 12.5. The van der Waals surface area contributed by atoms with E-state index >= 15 is 0 Å². The van der Waals surface area contributed by atoms with Crippen LogP contribution in [0.25, 0.3) is 0 Å². The molecule has 2 rings (SSSR count). The van der Waals surface area contributed by atoms with Crippen molar-refractivity contribution in [1.29, 1.82) is 0 Å². The smallest absolute Gasteiger partial charge is 0.247 e. The maximum atomic E-state index is 13.4. The first-order valence-corrected chi connectivity index (χ1v) is 8.74. The number of thioether (sulfide) groups is 1. The van der Waals surface area contributed by atoms with Crippen LogP contribution < -0.4 is 10.6 Å². The average Bonchev–Trinajstić information content (AvgIpc) is 2.53. The van der Waals surface area contributed by atoms with E-state index in [9.17, 15) is 18.0 Å². The van der Waals surface area contributed by atoms with Crippen LogP contribution in [0.2, 0.25) is 0 Å². The van der Waals surface area contributed by atoms with Crippen LogP contribution in [0, 0.1) is 11.7 Å². The lowest BCUT2D eigenvalue weighted by molar-refractivity contribution is -0.116. The first-order chi connectivity index (χ1) is 11.0. The lowest BCUT2D eigenvalue weighted by atomic mass is 9.93. The molecule has 0 bridgehead atoms. The van der Waals surface area contributed by atoms with Gasteiger partial charge in [-0.15, -0.1) is 24.2 Å². The maximum Gasteiger partial charge on any atom is 0.247 e. The molecular formula is C16H22ClF3N2OS. The molecule has 1 aliphatic heterocycles. The molecule has 0 atom stereocenters. The molecule has 0 aromatic heterocycles. The molecule has 1 aromatic carbocycles. The molecule has 0 radical (unpaired) electrons. The van der Waals surface area contributed by atoms with Crippen molar-refractivity contribution in [3.63, 3.8) is 0 Å². The van der Waals surface area contributed by atoms with Crippen molar-refractivity contribution in [2.45, 2.75) is 37.0 Å². The number of alkyl halides is 2. The topological polar surface area (TPSA) is 41.1 Å². The standard InChI is InChI=1S/C16H21F3N2OS.ClH/c17-12-2-3-14(23-10-15(18)19)13(9-12)21-16(22)4-1-11-5-7-20-8-6-11;/h2-3,9,11,15,20H,1,4-8,10H2,(H,21,22);1H. The van der Waals surface area contributed by atoms with Crippen molar-refractivity contribution >= 4 is 35.8 Å². The molecule has 0 aliphatic carbocycles. The minimum atomic E-state index is -2.45. The number of carbonyl (C=O) groups is 1. The molecule has 136 valence electrons. The van der Waals surface area contributed by atoms with Gasteiger partial charge >= 0.3 is 0 Å². The van der Waals surface area contributed by atoms with E-state index in [-0.39, 0.29) is 29.8 Å². The molecule has 1 aliphatic rings. The number of carbonyl (C=O) groups excluding carboxylic acids is 1. The van der Waals surface area contributed by atoms with Gasteiger partial charge in [-0.3, -0.25) is 4.79 Å². The molecule has 3 nitrogen and oxygen atoms in total. The molecule has 0 spiro atoms. The molecule has 1 saturated heterocycles. The number of nitrogens with one attached hydrogen (secondary N) is 2. The highest BCUT2D eigenvalue weighted by molar-refractivity contribution is 7.99. The SMILES string of the molecule is Cl.O=C(CCC1CCNCC1)Nc1cc(F)ccc1SCC(F)F. The van der Waals surface area contributed by atoms with Gasteiger partial charge in [-0.05, 0) is 56.5 Å². The van der Waals surface area contributed by atoms with E-state index in [2.05, 4.69) is 10.6 Å². The van der Waals surface area contributed by atoms with Crippen molar-refractivity contribution in [1.82, 2.24) is 5.32 Å². The molecule has 1 fully saturated rings. The van der Waals surface area contributed by atoms with Crippen LogP contribution in [-0.2, 0) is 4.79 Å². The monoisotopic (exact) mass is 382 g/mol. The van der Waals surface area contributed by atoms with Gasteiger partial charge in [0.25, 0.3) is 0 Å². The Morgan fingerprint density at radius 2 is 2.04 bits per heavy atom. The summed E-state index contributed by atoms with van der Waals surface area (Å²) in [7, 11) is 0. The fourth-order valence-corrected chi connectivity index (χ4v) is 3.33. The largest absolute Gasteiger partial charge is 0.325 e. The second kappa shape index (κ2) is 10.8. The summed E-state index contributed by atoms with van der Waals surface area (Å²) in [5.41, 5.74) is 0.269. The molecule has 2 N–H and O–H groups in total. The Labute approximate surface area is 150 Å². The quantitative estimate of drug-likeness (QED) is 0.690. The summed E-state index contributed by atoms with van der Waals surface area (Å²) in [6.45, 7) is 1.95. The van der Waals surface area contributed by atoms with Crippen molar-refractivity contribution in [2.24, 2.45) is 5.92 Å². The summed E-state index contributed by atoms with van der Waals surface area (Å²) in [5, 5.41) is 5.93. The second-order valence-electron chi connectivity index (χ2n) is 5.62. The van der Waals surface area contributed by atoms with Crippen molar-refractivity contribution in [3.05, 3.63) is 24.0 Å². The molecule has 8 heteroatoms. The van der Waals surface area contributed by atoms with E-state index in [0.717, 1.165) is 44.1 Å². The van der Waals surface area contributed by atoms with Crippen molar-refractivity contribution < 1.29 is 18.0 Å². The van der Waals surface area contributed by atoms with Gasteiger partial charge in [0, 0.05) is 11.3 Å². The minimum absolute atomic E-state index is 0. The lowest BCUT2D eigenvalue weighted by Crippen LogP contribution is -2.28. The van der Waals surface area contributed by atoms with Crippen LogP contribution in [0.3, 0.4) is 0 Å². The van der Waals surface area contributed by atoms with Crippen LogP contribution in [0.4, 0.5) is 18.9 Å². The van der Waals surface area contributed by atoms with Crippen LogP contribution in [0.5, 0.6) is 0 Å². The number of amides is 1. The van der Waals surface area contributed by atoms with Gasteiger partial charge in [0.05, 0.1) is 11.4 Å². The zero-order chi connectivity index (χ0) is 16.7. The molecule has 1 aromatic rings. The highest BCUT2D eigenvalue weighted by atomic mass is 35.5. The lowest BCUT2D eigenvalue weighted by Gasteiger charge is -2.22. The molecule has 1 heterocycles. The minimum Gasteiger partial charge on any atom is -0.325 e. The van der Waals surface area contributed by atoms with Gasteiger partial charge in [0.2, 0.25) is 12.3 Å². The zero-order valence-corrected chi connectivity index (χ0v) is 14.8. The predicted octanol–water partition coefficient (Wildman–Crippen LogP) is 4.32. The summed E-state index contributed by atoms with van der Waals surface area (Å²) < 4.78 is 38.0. The number of piperidine rings is 1. The van der Waals surface area contributed by atoms with Gasteiger partial charge in [0.1, 0.15) is 5.82 Å². The van der Waals surface area contributed by atoms with Crippen LogP contribution in [-0.4, -0.2) is 31.2 Å². The van der Waals surface area contributed by atoms with E-state index in [1.54, 1.807) is 0 Å². The third kappa shape index (κ3) is 7.32. The van der Waals surface area contributed by atoms with Gasteiger partial charge in [-0.1, -0.05) is 0 Å². The van der Waals surface area contributed by atoms with Crippen molar-refractivity contribution in [2.75, 3.05) is 24.2 Å². The summed E-state index contributed by atoms with van der Waals surface area (Å²) in [6, 6.07) is 3.81. The molecular weight excluding hydrogens is 361 g/mol. The Hall–Kier alpha value is -0.920. The summed E-state index contributed by atoms with van der Waals surface area (Å²) in [6.07, 6.45) is 0.821. The van der Waals surface area contributed by atoms with E-state index < -0.39 is 12.2 Å². The number of anilines is 1. The number of hydrogen-bond donors (Lipinski definition) is 2. The molecule has 0 unspecified atom stereocenters. The molecule has 1 amide bonds. The average molecular weight is 383 g/mol. The highest BCUT2D eigenvalue weighted by Gasteiger charge is 2.16. The predicted molar refractivity (Wildman–Crippen MR) is 93.8 cm³/mol. The van der Waals surface area contributed by atoms with E-state index in [1.807, 2.05) is 0 Å².